The molecule has 0 atom stereocenters. The number of H-pyrrole nitrogens is 1. The number of aromatic nitrogens is 2. The van der Waals surface area contributed by atoms with Crippen LogP contribution in [0.5, 0.6) is 5.75 Å². The molecule has 0 bridgehead atoms. The van der Waals surface area contributed by atoms with Crippen molar-refractivity contribution in [1.82, 2.24) is 14.5 Å². The third-order valence-corrected chi connectivity index (χ3v) is 6.31. The number of aromatic amines is 1. The molecule has 1 fully saturated rings. The summed E-state index contributed by atoms with van der Waals surface area (Å²) in [6.07, 6.45) is 1.73. The van der Waals surface area contributed by atoms with Gasteiger partial charge in [0.1, 0.15) is 10.6 Å². The van der Waals surface area contributed by atoms with Crippen molar-refractivity contribution >= 4 is 21.6 Å². The molecule has 28 heavy (non-hydrogen) atoms. The first-order valence-corrected chi connectivity index (χ1v) is 10.5. The Morgan fingerprint density at radius 2 is 2.07 bits per heavy atom. The Morgan fingerprint density at radius 3 is 2.75 bits per heavy atom. The van der Waals surface area contributed by atoms with Gasteiger partial charge in [0.2, 0.25) is 10.0 Å². The van der Waals surface area contributed by atoms with E-state index in [2.05, 4.69) is 15.5 Å². The number of benzene rings is 1. The lowest BCUT2D eigenvalue weighted by atomic mass is 10.2. The van der Waals surface area contributed by atoms with E-state index >= 15 is 0 Å². The second-order valence-electron chi connectivity index (χ2n) is 6.36. The first kappa shape index (κ1) is 20.3. The van der Waals surface area contributed by atoms with Crippen LogP contribution in [0.15, 0.2) is 29.2 Å². The number of methoxy groups -OCH3 is 1. The van der Waals surface area contributed by atoms with Crippen molar-refractivity contribution in [2.24, 2.45) is 0 Å². The fourth-order valence-corrected chi connectivity index (χ4v) is 4.54. The van der Waals surface area contributed by atoms with E-state index in [0.29, 0.717) is 18.9 Å². The quantitative estimate of drug-likeness (QED) is 0.720. The number of nitrogens with one attached hydrogen (secondary N) is 2. The number of morpholine rings is 1. The van der Waals surface area contributed by atoms with Crippen molar-refractivity contribution in [2.75, 3.05) is 38.7 Å². The topological polar surface area (TPSA) is 114 Å². The van der Waals surface area contributed by atoms with E-state index in [1.807, 2.05) is 6.92 Å². The van der Waals surface area contributed by atoms with E-state index in [1.54, 1.807) is 12.1 Å². The predicted molar refractivity (Wildman–Crippen MR) is 103 cm³/mol. The molecule has 9 nitrogen and oxygen atoms in total. The fourth-order valence-electron chi connectivity index (χ4n) is 2.95. The highest BCUT2D eigenvalue weighted by Gasteiger charge is 2.29. The van der Waals surface area contributed by atoms with Gasteiger partial charge in [0.05, 0.1) is 20.3 Å². The molecule has 1 aliphatic rings. The zero-order valence-electron chi connectivity index (χ0n) is 15.9. The second kappa shape index (κ2) is 8.72. The van der Waals surface area contributed by atoms with Crippen LogP contribution in [0.2, 0.25) is 0 Å². The number of carbonyl (C=O) groups excluding carboxylic acids is 1. The van der Waals surface area contributed by atoms with Crippen molar-refractivity contribution < 1.29 is 22.7 Å². The number of aryl methyl sites for hydroxylation is 1. The van der Waals surface area contributed by atoms with Gasteiger partial charge >= 0.3 is 0 Å². The molecule has 1 aromatic heterocycles. The van der Waals surface area contributed by atoms with Crippen LogP contribution in [-0.4, -0.2) is 62.2 Å². The number of hydrogen-bond acceptors (Lipinski definition) is 6. The average molecular weight is 408 g/mol. The summed E-state index contributed by atoms with van der Waals surface area (Å²) in [5.41, 5.74) is 1.47. The molecule has 1 saturated heterocycles. The summed E-state index contributed by atoms with van der Waals surface area (Å²) in [6, 6.07) is 6.21. The summed E-state index contributed by atoms with van der Waals surface area (Å²) in [6.45, 7) is 3.27. The van der Waals surface area contributed by atoms with Crippen molar-refractivity contribution in [3.63, 3.8) is 0 Å². The minimum absolute atomic E-state index is 0.00315. The van der Waals surface area contributed by atoms with Gasteiger partial charge in [-0.1, -0.05) is 13.3 Å². The van der Waals surface area contributed by atoms with Crippen LogP contribution in [-0.2, 0) is 21.2 Å². The highest BCUT2D eigenvalue weighted by Crippen LogP contribution is 2.30. The molecule has 2 N–H and O–H groups in total. The van der Waals surface area contributed by atoms with Crippen LogP contribution in [0.4, 0.5) is 5.69 Å². The number of amides is 1. The Bertz CT molecular complexity index is 935. The number of ether oxygens (including phenoxy) is 2. The molecule has 2 heterocycles. The highest BCUT2D eigenvalue weighted by molar-refractivity contribution is 7.89. The van der Waals surface area contributed by atoms with Gasteiger partial charge < -0.3 is 14.8 Å². The number of hydrogen-bond donors (Lipinski definition) is 2. The Kier molecular flexibility index (Phi) is 6.32. The normalized spacial score (nSPS) is 15.4. The van der Waals surface area contributed by atoms with Gasteiger partial charge in [-0.25, -0.2) is 8.42 Å². The summed E-state index contributed by atoms with van der Waals surface area (Å²) in [5, 5.41) is 9.53. The van der Waals surface area contributed by atoms with Gasteiger partial charge in [-0.15, -0.1) is 0 Å². The molecule has 10 heteroatoms. The number of nitrogens with zero attached hydrogens (tertiary/aromatic N) is 2. The smallest absolute Gasteiger partial charge is 0.276 e. The van der Waals surface area contributed by atoms with Gasteiger partial charge in [0.15, 0.2) is 5.69 Å². The molecule has 0 saturated carbocycles. The summed E-state index contributed by atoms with van der Waals surface area (Å²) in [7, 11) is -2.37. The Hall–Kier alpha value is -2.43. The molecule has 1 amide bonds. The predicted octanol–water partition coefficient (Wildman–Crippen LogP) is 1.64. The van der Waals surface area contributed by atoms with Gasteiger partial charge in [0, 0.05) is 24.5 Å². The van der Waals surface area contributed by atoms with Gasteiger partial charge in [-0.05, 0) is 30.7 Å². The molecule has 0 unspecified atom stereocenters. The number of sulfonamides is 1. The third-order valence-electron chi connectivity index (χ3n) is 4.39. The van der Waals surface area contributed by atoms with Crippen LogP contribution in [0, 0.1) is 0 Å². The Labute approximate surface area is 164 Å². The van der Waals surface area contributed by atoms with E-state index < -0.39 is 15.9 Å². The van der Waals surface area contributed by atoms with Crippen molar-refractivity contribution in [2.45, 2.75) is 24.7 Å². The molecular formula is C18H24N4O5S. The van der Waals surface area contributed by atoms with Crippen LogP contribution in [0.25, 0.3) is 0 Å². The van der Waals surface area contributed by atoms with Crippen molar-refractivity contribution in [1.29, 1.82) is 0 Å². The largest absolute Gasteiger partial charge is 0.495 e. The molecule has 0 aliphatic carbocycles. The fraction of sp³-hybridized carbons (Fsp3) is 0.444. The number of carbonyl (C=O) groups is 1. The summed E-state index contributed by atoms with van der Waals surface area (Å²) in [4.78, 5) is 12.5. The van der Waals surface area contributed by atoms with E-state index in [9.17, 15) is 13.2 Å². The lowest BCUT2D eigenvalue weighted by Gasteiger charge is -2.26. The van der Waals surface area contributed by atoms with Crippen molar-refractivity contribution in [3.8, 4) is 5.75 Å². The van der Waals surface area contributed by atoms with E-state index in [-0.39, 0.29) is 29.4 Å². The van der Waals surface area contributed by atoms with E-state index in [1.165, 1.54) is 23.5 Å². The molecule has 1 aromatic carbocycles. The Balaban J connectivity index is 1.84. The summed E-state index contributed by atoms with van der Waals surface area (Å²) in [5.74, 6) is -0.201. The third kappa shape index (κ3) is 4.34. The first-order valence-electron chi connectivity index (χ1n) is 9.07. The minimum Gasteiger partial charge on any atom is -0.495 e. The Morgan fingerprint density at radius 1 is 1.32 bits per heavy atom. The van der Waals surface area contributed by atoms with Crippen LogP contribution >= 0.6 is 0 Å². The molecule has 0 spiro atoms. The first-order chi connectivity index (χ1) is 13.5. The standard InChI is InChI=1S/C18H24N4O5S/c1-3-4-14-11-15(21-20-14)18(23)19-13-5-6-16(26-2)17(12-13)28(24,25)22-7-9-27-10-8-22/h5-6,11-12H,3-4,7-10H2,1-2H3,(H,19,23)(H,20,21). The second-order valence-corrected chi connectivity index (χ2v) is 8.27. The van der Waals surface area contributed by atoms with E-state index in [4.69, 9.17) is 9.47 Å². The summed E-state index contributed by atoms with van der Waals surface area (Å²) < 4.78 is 37.8. The zero-order chi connectivity index (χ0) is 20.1. The molecule has 3 rings (SSSR count). The number of anilines is 1. The minimum atomic E-state index is -3.78. The van der Waals surface area contributed by atoms with Gasteiger partial charge in [-0.2, -0.15) is 9.40 Å². The lowest BCUT2D eigenvalue weighted by molar-refractivity contribution is 0.0729. The number of rotatable bonds is 7. The molecule has 1 aliphatic heterocycles. The van der Waals surface area contributed by atoms with Gasteiger partial charge in [0.25, 0.3) is 5.91 Å². The maximum atomic E-state index is 13.0. The SMILES string of the molecule is CCCc1cc(C(=O)Nc2ccc(OC)c(S(=O)(=O)N3CCOCC3)c2)n[nH]1. The zero-order valence-corrected chi connectivity index (χ0v) is 16.7. The molecule has 2 aromatic rings. The van der Waals surface area contributed by atoms with Crippen LogP contribution < -0.4 is 10.1 Å². The van der Waals surface area contributed by atoms with Gasteiger partial charge in [-0.3, -0.25) is 9.89 Å². The maximum absolute atomic E-state index is 13.0. The van der Waals surface area contributed by atoms with E-state index in [0.717, 1.165) is 18.5 Å². The molecule has 0 radical (unpaired) electrons. The molecule has 152 valence electrons. The maximum Gasteiger partial charge on any atom is 0.276 e. The monoisotopic (exact) mass is 408 g/mol. The average Bonchev–Trinajstić information content (AvgIpc) is 3.18. The lowest BCUT2D eigenvalue weighted by Crippen LogP contribution is -2.40. The molecular weight excluding hydrogens is 384 g/mol. The van der Waals surface area contributed by atoms with Crippen LogP contribution in [0.3, 0.4) is 0 Å². The van der Waals surface area contributed by atoms with Crippen LogP contribution in [0.1, 0.15) is 29.5 Å². The highest BCUT2D eigenvalue weighted by atomic mass is 32.2. The summed E-state index contributed by atoms with van der Waals surface area (Å²) >= 11 is 0. The van der Waals surface area contributed by atoms with Crippen molar-refractivity contribution in [3.05, 3.63) is 35.7 Å².